The first-order valence-electron chi connectivity index (χ1n) is 11.1. The van der Waals surface area contributed by atoms with Crippen molar-refractivity contribution in [2.75, 3.05) is 18.5 Å². The summed E-state index contributed by atoms with van der Waals surface area (Å²) < 4.78 is 11.5. The molecule has 0 aliphatic rings. The van der Waals surface area contributed by atoms with Crippen LogP contribution in [-0.2, 0) is 6.42 Å². The zero-order valence-corrected chi connectivity index (χ0v) is 19.9. The van der Waals surface area contributed by atoms with Gasteiger partial charge >= 0.3 is 0 Å². The monoisotopic (exact) mass is 462 g/mol. The fourth-order valence-electron chi connectivity index (χ4n) is 3.04. The summed E-state index contributed by atoms with van der Waals surface area (Å²) in [5.74, 6) is 1.73. The summed E-state index contributed by atoms with van der Waals surface area (Å²) in [6.45, 7) is 5.52. The van der Waals surface area contributed by atoms with E-state index in [1.807, 2.05) is 48.5 Å². The Morgan fingerprint density at radius 3 is 2.33 bits per heavy atom. The van der Waals surface area contributed by atoms with Gasteiger partial charge in [-0.2, -0.15) is 0 Å². The quantitative estimate of drug-likeness (QED) is 0.370. The minimum atomic E-state index is -0.289. The molecule has 0 aliphatic heterocycles. The molecular formula is C27H30N2O3S. The van der Waals surface area contributed by atoms with E-state index < -0.39 is 0 Å². The number of carbonyl (C=O) groups excluding carboxylic acids is 1. The van der Waals surface area contributed by atoms with Gasteiger partial charge in [0.15, 0.2) is 5.11 Å². The molecular weight excluding hydrogens is 432 g/mol. The Labute approximate surface area is 201 Å². The molecule has 0 fully saturated rings. The Morgan fingerprint density at radius 1 is 0.879 bits per heavy atom. The van der Waals surface area contributed by atoms with Crippen LogP contribution in [0.2, 0.25) is 0 Å². The summed E-state index contributed by atoms with van der Waals surface area (Å²) in [4.78, 5) is 12.6. The van der Waals surface area contributed by atoms with Gasteiger partial charge in [-0.05, 0) is 72.6 Å². The first kappa shape index (κ1) is 24.3. The van der Waals surface area contributed by atoms with Gasteiger partial charge < -0.3 is 14.8 Å². The fraction of sp³-hybridized carbons (Fsp3) is 0.259. The topological polar surface area (TPSA) is 59.6 Å². The number of thiocarbonyl (C=S) groups is 1. The van der Waals surface area contributed by atoms with Crippen molar-refractivity contribution >= 4 is 28.9 Å². The standard InChI is InChI=1S/C27H30N2O3S/c1-20(2)15-17-32-25-10-6-9-22(19-25)26(30)29-27(33)28-23-11-13-24(14-12-23)31-18-16-21-7-4-3-5-8-21/h3-14,19-20H,15-18H2,1-2H3,(H2,28,29,30,33). The second kappa shape index (κ2) is 12.6. The number of amides is 1. The molecule has 6 heteroatoms. The summed E-state index contributed by atoms with van der Waals surface area (Å²) in [6, 6.07) is 24.8. The number of rotatable bonds is 10. The molecule has 2 N–H and O–H groups in total. The minimum absolute atomic E-state index is 0.226. The number of nitrogens with one attached hydrogen (secondary N) is 2. The molecule has 0 bridgehead atoms. The first-order valence-corrected chi connectivity index (χ1v) is 11.5. The van der Waals surface area contributed by atoms with Crippen molar-refractivity contribution in [3.05, 3.63) is 90.0 Å². The highest BCUT2D eigenvalue weighted by Crippen LogP contribution is 2.17. The second-order valence-corrected chi connectivity index (χ2v) is 8.48. The van der Waals surface area contributed by atoms with Gasteiger partial charge in [0.05, 0.1) is 13.2 Å². The van der Waals surface area contributed by atoms with Crippen LogP contribution < -0.4 is 20.1 Å². The highest BCUT2D eigenvalue weighted by Gasteiger charge is 2.09. The lowest BCUT2D eigenvalue weighted by atomic mass is 10.1. The third kappa shape index (κ3) is 8.58. The van der Waals surface area contributed by atoms with Gasteiger partial charge in [-0.25, -0.2) is 0 Å². The third-order valence-corrected chi connectivity index (χ3v) is 5.11. The molecule has 1 amide bonds. The minimum Gasteiger partial charge on any atom is -0.494 e. The number of anilines is 1. The molecule has 0 saturated carbocycles. The van der Waals surface area contributed by atoms with Crippen LogP contribution in [0, 0.1) is 5.92 Å². The van der Waals surface area contributed by atoms with E-state index >= 15 is 0 Å². The van der Waals surface area contributed by atoms with Crippen LogP contribution in [0.4, 0.5) is 5.69 Å². The third-order valence-electron chi connectivity index (χ3n) is 4.90. The van der Waals surface area contributed by atoms with Crippen molar-refractivity contribution < 1.29 is 14.3 Å². The maximum Gasteiger partial charge on any atom is 0.257 e. The zero-order chi connectivity index (χ0) is 23.5. The van der Waals surface area contributed by atoms with E-state index in [9.17, 15) is 4.79 Å². The molecule has 3 aromatic carbocycles. The van der Waals surface area contributed by atoms with Gasteiger partial charge in [-0.3, -0.25) is 10.1 Å². The average Bonchev–Trinajstić information content (AvgIpc) is 2.81. The molecule has 0 aromatic heterocycles. The number of hydrogen-bond donors (Lipinski definition) is 2. The van der Waals surface area contributed by atoms with Gasteiger partial charge in [0.1, 0.15) is 11.5 Å². The molecule has 0 radical (unpaired) electrons. The van der Waals surface area contributed by atoms with Gasteiger partial charge in [-0.15, -0.1) is 0 Å². The van der Waals surface area contributed by atoms with E-state index in [0.717, 1.165) is 24.3 Å². The first-order chi connectivity index (χ1) is 16.0. The lowest BCUT2D eigenvalue weighted by Crippen LogP contribution is -2.34. The molecule has 3 aromatic rings. The van der Waals surface area contributed by atoms with Crippen molar-refractivity contribution in [3.8, 4) is 11.5 Å². The Kier molecular flexibility index (Phi) is 9.27. The summed E-state index contributed by atoms with van der Waals surface area (Å²) in [6.07, 6.45) is 1.81. The van der Waals surface area contributed by atoms with E-state index in [2.05, 4.69) is 36.6 Å². The van der Waals surface area contributed by atoms with Crippen molar-refractivity contribution in [3.63, 3.8) is 0 Å². The Balaban J connectivity index is 1.44. The lowest BCUT2D eigenvalue weighted by Gasteiger charge is -2.12. The van der Waals surface area contributed by atoms with Crippen LogP contribution >= 0.6 is 12.2 Å². The summed E-state index contributed by atoms with van der Waals surface area (Å²) in [5.41, 5.74) is 2.49. The zero-order valence-electron chi connectivity index (χ0n) is 19.0. The maximum atomic E-state index is 12.6. The average molecular weight is 463 g/mol. The highest BCUT2D eigenvalue weighted by molar-refractivity contribution is 7.80. The fourth-order valence-corrected chi connectivity index (χ4v) is 3.25. The molecule has 5 nitrogen and oxygen atoms in total. The highest BCUT2D eigenvalue weighted by atomic mass is 32.1. The molecule has 0 spiro atoms. The van der Waals surface area contributed by atoms with Gasteiger partial charge in [0.25, 0.3) is 5.91 Å². The predicted octanol–water partition coefficient (Wildman–Crippen LogP) is 5.86. The number of carbonyl (C=O) groups is 1. The van der Waals surface area contributed by atoms with Crippen molar-refractivity contribution in [1.82, 2.24) is 5.32 Å². The SMILES string of the molecule is CC(C)CCOc1cccc(C(=O)NC(=S)Nc2ccc(OCCc3ccccc3)cc2)c1. The van der Waals surface area contributed by atoms with E-state index in [0.29, 0.717) is 30.4 Å². The Morgan fingerprint density at radius 2 is 1.61 bits per heavy atom. The summed E-state index contributed by atoms with van der Waals surface area (Å²) in [7, 11) is 0. The Hall–Kier alpha value is -3.38. The Bertz CT molecular complexity index is 1040. The van der Waals surface area contributed by atoms with Crippen LogP contribution in [0.15, 0.2) is 78.9 Å². The molecule has 0 atom stereocenters. The largest absolute Gasteiger partial charge is 0.494 e. The number of ether oxygens (including phenoxy) is 2. The van der Waals surface area contributed by atoms with Crippen molar-refractivity contribution in [2.45, 2.75) is 26.7 Å². The number of benzene rings is 3. The number of hydrogen-bond acceptors (Lipinski definition) is 4. The second-order valence-electron chi connectivity index (χ2n) is 8.08. The van der Waals surface area contributed by atoms with E-state index in [1.54, 1.807) is 18.2 Å². The van der Waals surface area contributed by atoms with E-state index in [1.165, 1.54) is 5.56 Å². The van der Waals surface area contributed by atoms with Crippen LogP contribution in [-0.4, -0.2) is 24.2 Å². The normalized spacial score (nSPS) is 10.5. The van der Waals surface area contributed by atoms with Crippen LogP contribution in [0.5, 0.6) is 11.5 Å². The molecule has 33 heavy (non-hydrogen) atoms. The maximum absolute atomic E-state index is 12.6. The van der Waals surface area contributed by atoms with Crippen LogP contribution in [0.1, 0.15) is 36.2 Å². The van der Waals surface area contributed by atoms with Gasteiger partial charge in [0.2, 0.25) is 0 Å². The lowest BCUT2D eigenvalue weighted by molar-refractivity contribution is 0.0977. The van der Waals surface area contributed by atoms with Crippen molar-refractivity contribution in [2.24, 2.45) is 5.92 Å². The molecule has 172 valence electrons. The predicted molar refractivity (Wildman–Crippen MR) is 137 cm³/mol. The van der Waals surface area contributed by atoms with E-state index in [4.69, 9.17) is 21.7 Å². The van der Waals surface area contributed by atoms with Crippen molar-refractivity contribution in [1.29, 1.82) is 0 Å². The molecule has 0 aliphatic carbocycles. The smallest absolute Gasteiger partial charge is 0.257 e. The summed E-state index contributed by atoms with van der Waals surface area (Å²) in [5, 5.41) is 5.96. The van der Waals surface area contributed by atoms with Crippen LogP contribution in [0.3, 0.4) is 0 Å². The molecule has 0 unspecified atom stereocenters. The van der Waals surface area contributed by atoms with Gasteiger partial charge in [0, 0.05) is 17.7 Å². The molecule has 0 saturated heterocycles. The van der Waals surface area contributed by atoms with E-state index in [-0.39, 0.29) is 11.0 Å². The molecule has 3 rings (SSSR count). The molecule has 0 heterocycles. The van der Waals surface area contributed by atoms with Gasteiger partial charge in [-0.1, -0.05) is 50.2 Å². The van der Waals surface area contributed by atoms with Crippen LogP contribution in [0.25, 0.3) is 0 Å². The summed E-state index contributed by atoms with van der Waals surface area (Å²) >= 11 is 5.30.